The van der Waals surface area contributed by atoms with Crippen molar-refractivity contribution < 1.29 is 19.8 Å². The number of aliphatic hydroxyl groups is 1. The number of amides is 1. The molecule has 8 heteroatoms. The summed E-state index contributed by atoms with van der Waals surface area (Å²) in [5.41, 5.74) is 8.17. The highest BCUT2D eigenvalue weighted by molar-refractivity contribution is 5.85. The second kappa shape index (κ2) is 5.51. The molecule has 0 saturated carbocycles. The molecule has 1 rings (SSSR count). The highest BCUT2D eigenvalue weighted by Crippen LogP contribution is 2.22. The predicted molar refractivity (Wildman–Crippen MR) is 56.9 cm³/mol. The van der Waals surface area contributed by atoms with Gasteiger partial charge >= 0.3 is 5.97 Å². The zero-order valence-corrected chi connectivity index (χ0v) is 9.35. The molecular formula is C9H14N4O4. The smallest absolute Gasteiger partial charge is 0.329 e. The SMILES string of the molecule is C[C@H](O)[C@H](C(=O)O)N1CC(CN=[N+]=[N-])CC1=O. The molecule has 0 radical (unpaired) electrons. The zero-order chi connectivity index (χ0) is 13.0. The summed E-state index contributed by atoms with van der Waals surface area (Å²) >= 11 is 0. The van der Waals surface area contributed by atoms with Crippen LogP contribution in [0.3, 0.4) is 0 Å². The number of carboxylic acid groups (broad SMARTS) is 1. The number of azide groups is 1. The summed E-state index contributed by atoms with van der Waals surface area (Å²) in [5.74, 6) is -1.76. The number of hydrogen-bond acceptors (Lipinski definition) is 4. The normalized spacial score (nSPS) is 23.1. The number of aliphatic carboxylic acids is 1. The van der Waals surface area contributed by atoms with Crippen molar-refractivity contribution in [3.05, 3.63) is 10.4 Å². The molecule has 1 fully saturated rings. The Labute approximate surface area is 97.5 Å². The maximum Gasteiger partial charge on any atom is 0.329 e. The van der Waals surface area contributed by atoms with Crippen LogP contribution in [0.4, 0.5) is 0 Å². The summed E-state index contributed by atoms with van der Waals surface area (Å²) in [4.78, 5) is 26.3. The van der Waals surface area contributed by atoms with E-state index >= 15 is 0 Å². The monoisotopic (exact) mass is 242 g/mol. The predicted octanol–water partition coefficient (Wildman–Crippen LogP) is -0.0208. The average molecular weight is 242 g/mol. The molecule has 1 heterocycles. The Kier molecular flexibility index (Phi) is 4.30. The van der Waals surface area contributed by atoms with Gasteiger partial charge in [-0.15, -0.1) is 0 Å². The van der Waals surface area contributed by atoms with Gasteiger partial charge in [-0.05, 0) is 18.4 Å². The summed E-state index contributed by atoms with van der Waals surface area (Å²) in [7, 11) is 0. The molecule has 3 atom stereocenters. The molecule has 17 heavy (non-hydrogen) atoms. The van der Waals surface area contributed by atoms with Gasteiger partial charge in [0.2, 0.25) is 5.91 Å². The Bertz CT molecular complexity index is 364. The van der Waals surface area contributed by atoms with E-state index in [0.29, 0.717) is 0 Å². The molecule has 8 nitrogen and oxygen atoms in total. The Morgan fingerprint density at radius 2 is 2.41 bits per heavy atom. The molecule has 0 aliphatic carbocycles. The van der Waals surface area contributed by atoms with E-state index in [0.717, 1.165) is 4.90 Å². The molecule has 1 saturated heterocycles. The van der Waals surface area contributed by atoms with Gasteiger partial charge in [0, 0.05) is 24.4 Å². The van der Waals surface area contributed by atoms with Crippen molar-refractivity contribution in [2.45, 2.75) is 25.5 Å². The summed E-state index contributed by atoms with van der Waals surface area (Å²) in [6.07, 6.45) is -0.995. The van der Waals surface area contributed by atoms with Crippen LogP contribution in [0.25, 0.3) is 10.4 Å². The molecule has 94 valence electrons. The van der Waals surface area contributed by atoms with E-state index < -0.39 is 18.1 Å². The van der Waals surface area contributed by atoms with Crippen molar-refractivity contribution in [3.63, 3.8) is 0 Å². The lowest BCUT2D eigenvalue weighted by Gasteiger charge is -2.26. The van der Waals surface area contributed by atoms with Crippen LogP contribution < -0.4 is 0 Å². The molecular weight excluding hydrogens is 228 g/mol. The quantitative estimate of drug-likeness (QED) is 0.399. The lowest BCUT2D eigenvalue weighted by Crippen LogP contribution is -2.48. The summed E-state index contributed by atoms with van der Waals surface area (Å²) < 4.78 is 0. The van der Waals surface area contributed by atoms with E-state index in [1.54, 1.807) is 0 Å². The van der Waals surface area contributed by atoms with Gasteiger partial charge in [-0.2, -0.15) is 0 Å². The molecule has 0 aromatic heterocycles. The molecule has 0 spiro atoms. The largest absolute Gasteiger partial charge is 0.480 e. The minimum absolute atomic E-state index is 0.148. The minimum atomic E-state index is -1.24. The maximum atomic E-state index is 11.6. The number of hydrogen-bond donors (Lipinski definition) is 2. The first kappa shape index (κ1) is 13.3. The van der Waals surface area contributed by atoms with E-state index in [1.165, 1.54) is 6.92 Å². The molecule has 0 aromatic carbocycles. The van der Waals surface area contributed by atoms with E-state index in [2.05, 4.69) is 10.0 Å². The lowest BCUT2D eigenvalue weighted by molar-refractivity contribution is -0.152. The summed E-state index contributed by atoms with van der Waals surface area (Å²) in [6, 6.07) is -1.24. The van der Waals surface area contributed by atoms with Crippen LogP contribution in [0.1, 0.15) is 13.3 Å². The van der Waals surface area contributed by atoms with Crippen LogP contribution in [0.2, 0.25) is 0 Å². The Morgan fingerprint density at radius 3 is 2.88 bits per heavy atom. The van der Waals surface area contributed by atoms with Crippen LogP contribution in [0.15, 0.2) is 5.11 Å². The van der Waals surface area contributed by atoms with Gasteiger partial charge in [-0.3, -0.25) is 4.79 Å². The van der Waals surface area contributed by atoms with Gasteiger partial charge in [0.25, 0.3) is 0 Å². The van der Waals surface area contributed by atoms with E-state index in [1.807, 2.05) is 0 Å². The van der Waals surface area contributed by atoms with Crippen LogP contribution >= 0.6 is 0 Å². The van der Waals surface area contributed by atoms with Gasteiger partial charge in [0.15, 0.2) is 6.04 Å². The van der Waals surface area contributed by atoms with Gasteiger partial charge < -0.3 is 15.1 Å². The second-order valence-electron chi connectivity index (χ2n) is 4.05. The van der Waals surface area contributed by atoms with Gasteiger partial charge in [-0.25, -0.2) is 4.79 Å². The highest BCUT2D eigenvalue weighted by atomic mass is 16.4. The average Bonchev–Trinajstić information content (AvgIpc) is 2.56. The van der Waals surface area contributed by atoms with Crippen LogP contribution in [0, 0.1) is 5.92 Å². The van der Waals surface area contributed by atoms with Crippen LogP contribution in [0.5, 0.6) is 0 Å². The molecule has 1 aliphatic heterocycles. The number of carbonyl (C=O) groups is 2. The van der Waals surface area contributed by atoms with Crippen molar-refractivity contribution in [3.8, 4) is 0 Å². The van der Waals surface area contributed by atoms with Crippen molar-refractivity contribution in [1.82, 2.24) is 4.90 Å². The Balaban J connectivity index is 2.74. The van der Waals surface area contributed by atoms with E-state index in [9.17, 15) is 14.7 Å². The number of carbonyl (C=O) groups excluding carboxylic acids is 1. The number of likely N-dealkylation sites (tertiary alicyclic amines) is 1. The van der Waals surface area contributed by atoms with E-state index in [-0.39, 0.29) is 31.3 Å². The topological polar surface area (TPSA) is 127 Å². The van der Waals surface area contributed by atoms with E-state index in [4.69, 9.17) is 10.6 Å². The second-order valence-corrected chi connectivity index (χ2v) is 4.05. The van der Waals surface area contributed by atoms with Crippen molar-refractivity contribution >= 4 is 11.9 Å². The van der Waals surface area contributed by atoms with Gasteiger partial charge in [0.05, 0.1) is 6.10 Å². The number of rotatable bonds is 5. The summed E-state index contributed by atoms with van der Waals surface area (Å²) in [6.45, 7) is 1.68. The summed E-state index contributed by atoms with van der Waals surface area (Å²) in [5, 5.41) is 21.7. The molecule has 1 amide bonds. The minimum Gasteiger partial charge on any atom is -0.480 e. The Hall–Kier alpha value is -1.79. The standard InChI is InChI=1S/C9H14N4O4/c1-5(14)8(9(16)17)13-4-6(2-7(13)15)3-11-12-10/h5-6,8,14H,2-4H2,1H3,(H,16,17)/t5-,6?,8+/m0/s1. The van der Waals surface area contributed by atoms with Crippen LogP contribution in [-0.2, 0) is 9.59 Å². The maximum absolute atomic E-state index is 11.6. The third-order valence-corrected chi connectivity index (χ3v) is 2.69. The molecule has 1 unspecified atom stereocenters. The fourth-order valence-electron chi connectivity index (χ4n) is 1.95. The highest BCUT2D eigenvalue weighted by Gasteiger charge is 2.39. The molecule has 1 aliphatic rings. The van der Waals surface area contributed by atoms with Gasteiger partial charge in [0.1, 0.15) is 0 Å². The number of aliphatic hydroxyl groups excluding tert-OH is 1. The first-order valence-electron chi connectivity index (χ1n) is 5.18. The number of carboxylic acids is 1. The third kappa shape index (κ3) is 3.08. The number of nitrogens with zero attached hydrogens (tertiary/aromatic N) is 4. The molecule has 0 bridgehead atoms. The zero-order valence-electron chi connectivity index (χ0n) is 9.35. The van der Waals surface area contributed by atoms with Crippen molar-refractivity contribution in [2.75, 3.05) is 13.1 Å². The fraction of sp³-hybridized carbons (Fsp3) is 0.778. The fourth-order valence-corrected chi connectivity index (χ4v) is 1.95. The van der Waals surface area contributed by atoms with Crippen molar-refractivity contribution in [2.24, 2.45) is 11.0 Å². The lowest BCUT2D eigenvalue weighted by atomic mass is 10.1. The third-order valence-electron chi connectivity index (χ3n) is 2.69. The molecule has 0 aromatic rings. The molecule has 2 N–H and O–H groups in total. The first-order chi connectivity index (χ1) is 7.97. The Morgan fingerprint density at radius 1 is 1.76 bits per heavy atom. The van der Waals surface area contributed by atoms with Gasteiger partial charge in [-0.1, -0.05) is 5.11 Å². The first-order valence-corrected chi connectivity index (χ1v) is 5.18. The van der Waals surface area contributed by atoms with Crippen molar-refractivity contribution in [1.29, 1.82) is 0 Å². The van der Waals surface area contributed by atoms with Crippen LogP contribution in [-0.4, -0.2) is 52.2 Å².